The summed E-state index contributed by atoms with van der Waals surface area (Å²) in [7, 11) is -4.30. The number of hydrogen-bond acceptors (Lipinski definition) is 10. The number of hydrogen-bond donors (Lipinski definition) is 3. The highest BCUT2D eigenvalue weighted by Gasteiger charge is 2.56. The molecule has 4 heterocycles. The third-order valence-electron chi connectivity index (χ3n) is 6.05. The number of carbonyl (C=O) groups excluding carboxylic acids is 1. The van der Waals surface area contributed by atoms with E-state index in [0.717, 1.165) is 4.57 Å². The molecule has 36 heavy (non-hydrogen) atoms. The number of fused-ring (bicyclic) bond motifs is 10. The van der Waals surface area contributed by atoms with E-state index >= 15 is 4.39 Å². The van der Waals surface area contributed by atoms with E-state index in [-0.39, 0.29) is 11.6 Å². The predicted molar refractivity (Wildman–Crippen MR) is 125 cm³/mol. The van der Waals surface area contributed by atoms with Crippen molar-refractivity contribution in [2.24, 2.45) is 5.41 Å². The molecule has 4 bridgehead atoms. The molecular formula is C22H28FN4O8P. The maximum Gasteiger partial charge on any atom is 0.459 e. The number of para-hydroxylation sites is 1. The van der Waals surface area contributed by atoms with Gasteiger partial charge in [-0.3, -0.25) is 13.9 Å². The van der Waals surface area contributed by atoms with Crippen molar-refractivity contribution >= 4 is 19.5 Å². The predicted octanol–water partition coefficient (Wildman–Crippen LogP) is 1.97. The molecule has 12 nitrogen and oxygen atoms in total. The van der Waals surface area contributed by atoms with Crippen LogP contribution in [0.3, 0.4) is 0 Å². The second-order valence-corrected chi connectivity index (χ2v) is 10.6. The lowest BCUT2D eigenvalue weighted by Gasteiger charge is -2.32. The first-order chi connectivity index (χ1) is 17.0. The summed E-state index contributed by atoms with van der Waals surface area (Å²) in [4.78, 5) is 29.2. The Balaban J connectivity index is 1.73. The molecule has 4 unspecified atom stereocenters. The molecular weight excluding hydrogens is 498 g/mol. The summed E-state index contributed by atoms with van der Waals surface area (Å²) in [6, 6.07) is 8.32. The maximum absolute atomic E-state index is 15.8. The lowest BCUT2D eigenvalue weighted by molar-refractivity contribution is -0.148. The number of nitrogens with one attached hydrogen (secondary N) is 2. The molecule has 0 amide bonds. The molecule has 1 fully saturated rings. The lowest BCUT2D eigenvalue weighted by Crippen LogP contribution is -2.43. The monoisotopic (exact) mass is 526 g/mol. The first-order valence-corrected chi connectivity index (χ1v) is 12.8. The van der Waals surface area contributed by atoms with Crippen molar-refractivity contribution in [2.45, 2.75) is 51.5 Å². The minimum atomic E-state index is -4.30. The van der Waals surface area contributed by atoms with E-state index in [2.05, 4.69) is 15.4 Å². The van der Waals surface area contributed by atoms with Crippen LogP contribution in [0.15, 0.2) is 47.4 Å². The summed E-state index contributed by atoms with van der Waals surface area (Å²) < 4.78 is 52.8. The molecule has 7 atom stereocenters. The number of aliphatic hydroxyl groups excluding tert-OH is 1. The molecule has 0 saturated carbocycles. The fraction of sp³-hybridized carbons (Fsp3) is 0.500. The van der Waals surface area contributed by atoms with Crippen molar-refractivity contribution in [3.63, 3.8) is 0 Å². The average Bonchev–Trinajstić information content (AvgIpc) is 3.08. The number of benzene rings is 1. The Hall–Kier alpha value is -2.83. The number of rotatable bonds is 3. The minimum Gasteiger partial charge on any atom is -0.441 e. The van der Waals surface area contributed by atoms with Crippen molar-refractivity contribution in [1.29, 1.82) is 0 Å². The van der Waals surface area contributed by atoms with Crippen LogP contribution in [0, 0.1) is 5.41 Å². The smallest absolute Gasteiger partial charge is 0.441 e. The average molecular weight is 526 g/mol. The summed E-state index contributed by atoms with van der Waals surface area (Å²) in [6.07, 6.45) is -4.05. The summed E-state index contributed by atoms with van der Waals surface area (Å²) in [5.41, 5.74) is -2.38. The van der Waals surface area contributed by atoms with Crippen molar-refractivity contribution in [2.75, 3.05) is 18.5 Å². The van der Waals surface area contributed by atoms with Crippen molar-refractivity contribution in [3.05, 3.63) is 53.1 Å². The van der Waals surface area contributed by atoms with Crippen molar-refractivity contribution < 1.29 is 37.4 Å². The number of alkyl halides is 1. The van der Waals surface area contributed by atoms with E-state index in [1.54, 1.807) is 18.2 Å². The first-order valence-electron chi connectivity index (χ1n) is 11.3. The van der Waals surface area contributed by atoms with Crippen LogP contribution in [0.4, 0.5) is 10.2 Å². The molecule has 1 aromatic carbocycles. The van der Waals surface area contributed by atoms with Gasteiger partial charge in [0, 0.05) is 6.20 Å². The molecule has 0 radical (unpaired) electrons. The van der Waals surface area contributed by atoms with E-state index in [1.165, 1.54) is 45.2 Å². The number of aliphatic hydroxyl groups is 1. The normalized spacial score (nSPS) is 35.1. The van der Waals surface area contributed by atoms with Gasteiger partial charge >= 0.3 is 19.4 Å². The van der Waals surface area contributed by atoms with Crippen LogP contribution >= 0.6 is 7.75 Å². The topological polar surface area (TPSA) is 150 Å². The van der Waals surface area contributed by atoms with E-state index < -0.39 is 68.8 Å². The van der Waals surface area contributed by atoms with Gasteiger partial charge in [-0.25, -0.2) is 13.8 Å². The van der Waals surface area contributed by atoms with Crippen LogP contribution in [0.5, 0.6) is 5.75 Å². The molecule has 1 saturated heterocycles. The van der Waals surface area contributed by atoms with Gasteiger partial charge in [0.05, 0.1) is 24.7 Å². The molecule has 2 aromatic rings. The quantitative estimate of drug-likeness (QED) is 0.398. The van der Waals surface area contributed by atoms with E-state index in [9.17, 15) is 19.3 Å². The highest BCUT2D eigenvalue weighted by Crippen LogP contribution is 2.51. The Morgan fingerprint density at radius 3 is 2.67 bits per heavy atom. The Bertz CT molecular complexity index is 1200. The Morgan fingerprint density at radius 1 is 1.28 bits per heavy atom. The second-order valence-electron chi connectivity index (χ2n) is 8.86. The van der Waals surface area contributed by atoms with Gasteiger partial charge < -0.3 is 24.4 Å². The maximum atomic E-state index is 15.8. The molecule has 5 rings (SSSR count). The third kappa shape index (κ3) is 5.30. The molecule has 0 aliphatic carbocycles. The van der Waals surface area contributed by atoms with Crippen LogP contribution < -0.4 is 20.6 Å². The van der Waals surface area contributed by atoms with E-state index in [0.29, 0.717) is 0 Å². The number of ether oxygens (including phenoxy) is 2. The number of aromatic nitrogens is 2. The van der Waals surface area contributed by atoms with E-state index in [4.69, 9.17) is 18.5 Å². The summed E-state index contributed by atoms with van der Waals surface area (Å²) in [5, 5.41) is 15.2. The van der Waals surface area contributed by atoms with Crippen LogP contribution in [0.1, 0.15) is 27.0 Å². The van der Waals surface area contributed by atoms with Gasteiger partial charge in [-0.1, -0.05) is 25.1 Å². The van der Waals surface area contributed by atoms with Gasteiger partial charge in [0.15, 0.2) is 18.6 Å². The molecule has 0 spiro atoms. The van der Waals surface area contributed by atoms with Crippen LogP contribution in [0.25, 0.3) is 0 Å². The zero-order valence-corrected chi connectivity index (χ0v) is 20.8. The first kappa shape index (κ1) is 26.2. The summed E-state index contributed by atoms with van der Waals surface area (Å²) >= 11 is 0. The van der Waals surface area contributed by atoms with Gasteiger partial charge in [0.2, 0.25) is 0 Å². The zero-order chi connectivity index (χ0) is 26.1. The van der Waals surface area contributed by atoms with Crippen LogP contribution in [-0.2, 0) is 23.4 Å². The Kier molecular flexibility index (Phi) is 7.48. The van der Waals surface area contributed by atoms with E-state index in [1.807, 2.05) is 0 Å². The Morgan fingerprint density at radius 2 is 2.00 bits per heavy atom. The number of esters is 1. The van der Waals surface area contributed by atoms with Crippen molar-refractivity contribution in [1.82, 2.24) is 14.6 Å². The SMILES string of the molecule is CC1Nc2ccn(c(=O)n2)[C@H]2O[C@H](CO)C(C)(COP(=O)(Oc3ccccc3)N[C@@H](C)C(=O)O1)C2F. The fourth-order valence-corrected chi connectivity index (χ4v) is 5.56. The van der Waals surface area contributed by atoms with Gasteiger partial charge in [-0.15, -0.1) is 0 Å². The van der Waals surface area contributed by atoms with Crippen LogP contribution in [-0.4, -0.2) is 58.4 Å². The second kappa shape index (κ2) is 10.3. The number of carbonyl (C=O) groups is 1. The zero-order valence-electron chi connectivity index (χ0n) is 19.9. The molecule has 3 aliphatic heterocycles. The van der Waals surface area contributed by atoms with Crippen LogP contribution in [0.2, 0.25) is 0 Å². The Labute approximate surface area is 206 Å². The van der Waals surface area contributed by atoms with Gasteiger partial charge in [0.1, 0.15) is 17.6 Å². The molecule has 1 aromatic heterocycles. The number of halogens is 1. The highest BCUT2D eigenvalue weighted by atomic mass is 31.2. The van der Waals surface area contributed by atoms with Gasteiger partial charge in [-0.05, 0) is 32.0 Å². The lowest BCUT2D eigenvalue weighted by atomic mass is 9.82. The molecule has 3 N–H and O–H groups in total. The van der Waals surface area contributed by atoms with Crippen molar-refractivity contribution in [3.8, 4) is 5.75 Å². The number of nitrogens with zero attached hydrogens (tertiary/aromatic N) is 2. The largest absolute Gasteiger partial charge is 0.459 e. The summed E-state index contributed by atoms with van der Waals surface area (Å²) in [5.74, 6) is -0.541. The standard InChI is InChI=1S/C22H28FN4O8P/c1-13-20(29)33-14(2)24-17-9-10-27(21(30)25-17)19-18(23)22(3,16(11-28)34-19)12-32-36(31,26-13)35-15-7-5-4-6-8-15/h4-10,13-14,16,18-19,28H,11-12H2,1-3H3,(H,26,31)(H,24,25,30)/t13-,14?,16+,18?,19-,22?,36?/m0/s1. The minimum absolute atomic E-state index is 0.0838. The fourth-order valence-electron chi connectivity index (χ4n) is 3.95. The van der Waals surface area contributed by atoms with Gasteiger partial charge in [-0.2, -0.15) is 10.1 Å². The third-order valence-corrected chi connectivity index (χ3v) is 7.68. The highest BCUT2D eigenvalue weighted by molar-refractivity contribution is 7.52. The molecule has 14 heteroatoms. The van der Waals surface area contributed by atoms with Gasteiger partial charge in [0.25, 0.3) is 0 Å². The molecule has 196 valence electrons. The molecule has 3 aliphatic rings. The summed E-state index contributed by atoms with van der Waals surface area (Å²) in [6.45, 7) is 3.19. The number of anilines is 1.